The molecular weight excluding hydrogens is 372 g/mol. The van der Waals surface area contributed by atoms with Gasteiger partial charge in [-0.25, -0.2) is 9.59 Å². The van der Waals surface area contributed by atoms with Crippen LogP contribution in [0.5, 0.6) is 5.75 Å². The number of imide groups is 1. The summed E-state index contributed by atoms with van der Waals surface area (Å²) in [5.41, 5.74) is 1.85. The first-order valence-corrected chi connectivity index (χ1v) is 9.14. The summed E-state index contributed by atoms with van der Waals surface area (Å²) >= 11 is 0. The fraction of sp³-hybridized carbons (Fsp3) is 0.227. The van der Waals surface area contributed by atoms with E-state index in [1.165, 1.54) is 6.08 Å². The number of esters is 1. The molecule has 0 saturated carbocycles. The third-order valence-corrected chi connectivity index (χ3v) is 3.56. The average molecular weight is 396 g/mol. The van der Waals surface area contributed by atoms with Gasteiger partial charge in [-0.1, -0.05) is 42.5 Å². The van der Waals surface area contributed by atoms with E-state index in [0.29, 0.717) is 12.4 Å². The molecule has 2 aromatic carbocycles. The lowest BCUT2D eigenvalue weighted by Gasteiger charge is -2.08. The van der Waals surface area contributed by atoms with Crippen LogP contribution in [0.3, 0.4) is 0 Å². The topological polar surface area (TPSA) is 93.7 Å². The summed E-state index contributed by atoms with van der Waals surface area (Å²) in [6, 6.07) is 16.3. The maximum Gasteiger partial charge on any atom is 0.331 e. The average Bonchev–Trinajstić information content (AvgIpc) is 2.70. The van der Waals surface area contributed by atoms with E-state index in [2.05, 4.69) is 10.6 Å². The van der Waals surface area contributed by atoms with Crippen LogP contribution in [-0.4, -0.2) is 30.6 Å². The predicted molar refractivity (Wildman–Crippen MR) is 109 cm³/mol. The highest BCUT2D eigenvalue weighted by Gasteiger charge is 2.10. The van der Waals surface area contributed by atoms with Crippen molar-refractivity contribution in [1.29, 1.82) is 0 Å². The van der Waals surface area contributed by atoms with Gasteiger partial charge in [0.25, 0.3) is 5.91 Å². The first kappa shape index (κ1) is 21.7. The highest BCUT2D eigenvalue weighted by Crippen LogP contribution is 2.15. The Morgan fingerprint density at radius 2 is 1.69 bits per heavy atom. The molecule has 0 aromatic heterocycles. The highest BCUT2D eigenvalue weighted by molar-refractivity contribution is 5.96. The van der Waals surface area contributed by atoms with Gasteiger partial charge >= 0.3 is 12.0 Å². The van der Waals surface area contributed by atoms with Gasteiger partial charge in [-0.05, 0) is 43.2 Å². The van der Waals surface area contributed by atoms with E-state index in [1.807, 2.05) is 30.3 Å². The summed E-state index contributed by atoms with van der Waals surface area (Å²) in [7, 11) is 0. The predicted octanol–water partition coefficient (Wildman–Crippen LogP) is 3.06. The second-order valence-corrected chi connectivity index (χ2v) is 6.46. The molecule has 0 atom stereocenters. The van der Waals surface area contributed by atoms with Crippen molar-refractivity contribution in [2.45, 2.75) is 26.5 Å². The number of urea groups is 1. The van der Waals surface area contributed by atoms with Gasteiger partial charge in [0.1, 0.15) is 12.4 Å². The standard InChI is InChI=1S/C22H24N2O5/c1-16(2)23-22(27)24-20(25)15-29-21(26)13-10-17-8-11-19(12-9-17)28-14-18-6-4-3-5-7-18/h3-13,16H,14-15H2,1-2H3,(H2,23,24,25,27)/b13-10+. The lowest BCUT2D eigenvalue weighted by molar-refractivity contribution is -0.143. The highest BCUT2D eigenvalue weighted by atomic mass is 16.5. The fourth-order valence-electron chi connectivity index (χ4n) is 2.23. The molecule has 7 nitrogen and oxygen atoms in total. The molecule has 0 aliphatic carbocycles. The van der Waals surface area contributed by atoms with Crippen molar-refractivity contribution in [3.63, 3.8) is 0 Å². The van der Waals surface area contributed by atoms with Crippen LogP contribution in [0.25, 0.3) is 6.08 Å². The Labute approximate surface area is 169 Å². The first-order chi connectivity index (χ1) is 13.9. The van der Waals surface area contributed by atoms with E-state index in [-0.39, 0.29) is 6.04 Å². The minimum absolute atomic E-state index is 0.108. The van der Waals surface area contributed by atoms with E-state index in [0.717, 1.165) is 11.1 Å². The quantitative estimate of drug-likeness (QED) is 0.528. The molecule has 0 spiro atoms. The number of carbonyl (C=O) groups excluding carboxylic acids is 3. The second-order valence-electron chi connectivity index (χ2n) is 6.46. The Morgan fingerprint density at radius 3 is 2.34 bits per heavy atom. The first-order valence-electron chi connectivity index (χ1n) is 9.14. The molecule has 2 rings (SSSR count). The lowest BCUT2D eigenvalue weighted by Crippen LogP contribution is -2.43. The van der Waals surface area contributed by atoms with Gasteiger partial charge in [0.2, 0.25) is 0 Å². The zero-order valence-electron chi connectivity index (χ0n) is 16.4. The Bertz CT molecular complexity index is 845. The van der Waals surface area contributed by atoms with Crippen molar-refractivity contribution in [2.24, 2.45) is 0 Å². The van der Waals surface area contributed by atoms with Gasteiger partial charge in [0.15, 0.2) is 6.61 Å². The minimum Gasteiger partial charge on any atom is -0.489 e. The molecular formula is C22H24N2O5. The third-order valence-electron chi connectivity index (χ3n) is 3.56. The molecule has 0 radical (unpaired) electrons. The molecule has 2 N–H and O–H groups in total. The zero-order valence-corrected chi connectivity index (χ0v) is 16.4. The molecule has 0 heterocycles. The maximum absolute atomic E-state index is 11.7. The van der Waals surface area contributed by atoms with Crippen LogP contribution < -0.4 is 15.4 Å². The number of nitrogens with one attached hydrogen (secondary N) is 2. The third kappa shape index (κ3) is 8.75. The van der Waals surface area contributed by atoms with Gasteiger partial charge in [0, 0.05) is 12.1 Å². The van der Waals surface area contributed by atoms with Crippen LogP contribution in [0.15, 0.2) is 60.7 Å². The van der Waals surface area contributed by atoms with Crippen molar-refractivity contribution in [3.8, 4) is 5.75 Å². The molecule has 0 aliphatic heterocycles. The van der Waals surface area contributed by atoms with Crippen LogP contribution in [-0.2, 0) is 20.9 Å². The summed E-state index contributed by atoms with van der Waals surface area (Å²) in [6.45, 7) is 3.45. The lowest BCUT2D eigenvalue weighted by atomic mass is 10.2. The van der Waals surface area contributed by atoms with E-state index in [9.17, 15) is 14.4 Å². The second kappa shape index (κ2) is 11.3. The van der Waals surface area contributed by atoms with Gasteiger partial charge < -0.3 is 14.8 Å². The monoisotopic (exact) mass is 396 g/mol. The zero-order chi connectivity index (χ0) is 21.1. The van der Waals surface area contributed by atoms with Gasteiger partial charge in [-0.15, -0.1) is 0 Å². The number of hydrogen-bond donors (Lipinski definition) is 2. The summed E-state index contributed by atoms with van der Waals surface area (Å²) in [6.07, 6.45) is 2.77. The molecule has 0 unspecified atom stereocenters. The van der Waals surface area contributed by atoms with E-state index < -0.39 is 24.5 Å². The number of ether oxygens (including phenoxy) is 2. The Hall–Kier alpha value is -3.61. The summed E-state index contributed by atoms with van der Waals surface area (Å²) in [5, 5.41) is 4.56. The van der Waals surface area contributed by atoms with Crippen LogP contribution in [0.1, 0.15) is 25.0 Å². The molecule has 0 aliphatic rings. The molecule has 7 heteroatoms. The number of benzene rings is 2. The molecule has 2 aromatic rings. The van der Waals surface area contributed by atoms with Crippen LogP contribution in [0, 0.1) is 0 Å². The van der Waals surface area contributed by atoms with Crippen LogP contribution in [0.2, 0.25) is 0 Å². The number of carbonyl (C=O) groups is 3. The normalized spacial score (nSPS) is 10.6. The van der Waals surface area contributed by atoms with Crippen molar-refractivity contribution in [2.75, 3.05) is 6.61 Å². The molecule has 0 saturated heterocycles. The van der Waals surface area contributed by atoms with Gasteiger partial charge in [-0.3, -0.25) is 10.1 Å². The Morgan fingerprint density at radius 1 is 1.00 bits per heavy atom. The van der Waals surface area contributed by atoms with Gasteiger partial charge in [0.05, 0.1) is 0 Å². The molecule has 29 heavy (non-hydrogen) atoms. The van der Waals surface area contributed by atoms with Crippen molar-refractivity contribution in [1.82, 2.24) is 10.6 Å². The molecule has 152 valence electrons. The largest absolute Gasteiger partial charge is 0.489 e. The van der Waals surface area contributed by atoms with Crippen LogP contribution >= 0.6 is 0 Å². The summed E-state index contributed by atoms with van der Waals surface area (Å²) in [5.74, 6) is -0.677. The van der Waals surface area contributed by atoms with Crippen molar-refractivity contribution in [3.05, 3.63) is 71.8 Å². The number of hydrogen-bond acceptors (Lipinski definition) is 5. The Balaban J connectivity index is 1.73. The Kier molecular flexibility index (Phi) is 8.44. The molecule has 0 bridgehead atoms. The van der Waals surface area contributed by atoms with E-state index in [4.69, 9.17) is 9.47 Å². The van der Waals surface area contributed by atoms with Crippen molar-refractivity contribution >= 4 is 24.0 Å². The van der Waals surface area contributed by atoms with E-state index >= 15 is 0 Å². The summed E-state index contributed by atoms with van der Waals surface area (Å²) < 4.78 is 10.5. The van der Waals surface area contributed by atoms with Crippen LogP contribution in [0.4, 0.5) is 4.79 Å². The smallest absolute Gasteiger partial charge is 0.331 e. The van der Waals surface area contributed by atoms with Crippen molar-refractivity contribution < 1.29 is 23.9 Å². The molecule has 3 amide bonds. The van der Waals surface area contributed by atoms with Gasteiger partial charge in [-0.2, -0.15) is 0 Å². The SMILES string of the molecule is CC(C)NC(=O)NC(=O)COC(=O)/C=C/c1ccc(OCc2ccccc2)cc1. The fourth-order valence-corrected chi connectivity index (χ4v) is 2.23. The maximum atomic E-state index is 11.7. The van der Waals surface area contributed by atoms with E-state index in [1.54, 1.807) is 44.2 Å². The summed E-state index contributed by atoms with van der Waals surface area (Å²) in [4.78, 5) is 34.6. The molecule has 0 fully saturated rings. The number of rotatable bonds is 8. The number of amides is 3. The minimum atomic E-state index is -0.704.